The summed E-state index contributed by atoms with van der Waals surface area (Å²) in [5.41, 5.74) is 0. The van der Waals surface area contributed by atoms with Crippen molar-refractivity contribution in [3.05, 3.63) is 39.3 Å². The lowest BCUT2D eigenvalue weighted by atomic mass is 10.3. The molecule has 0 aliphatic carbocycles. The standard InChI is InChI=1S/C14H14Cl2N2O2S/c1-9-8-17-14(21-9)18-13(19)3-2-6-20-10-4-5-11(15)12(16)7-10/h4-5,7-8H,2-3,6H2,1H3,(H,17,18,19). The summed E-state index contributed by atoms with van der Waals surface area (Å²) in [6.07, 6.45) is 2.71. The average molecular weight is 345 g/mol. The van der Waals surface area contributed by atoms with Gasteiger partial charge in [0.05, 0.1) is 16.7 Å². The first kappa shape index (κ1) is 16.1. The van der Waals surface area contributed by atoms with Gasteiger partial charge < -0.3 is 10.1 Å². The van der Waals surface area contributed by atoms with Crippen molar-refractivity contribution in [3.8, 4) is 5.75 Å². The van der Waals surface area contributed by atoms with Crippen molar-refractivity contribution in [2.45, 2.75) is 19.8 Å². The molecule has 0 bridgehead atoms. The number of aryl methyl sites for hydroxylation is 1. The quantitative estimate of drug-likeness (QED) is 0.781. The number of carbonyl (C=O) groups excluding carboxylic acids is 1. The molecule has 0 saturated heterocycles. The monoisotopic (exact) mass is 344 g/mol. The Bertz CT molecular complexity index is 631. The molecular formula is C14H14Cl2N2O2S. The smallest absolute Gasteiger partial charge is 0.226 e. The maximum atomic E-state index is 11.7. The Hall–Kier alpha value is -1.30. The van der Waals surface area contributed by atoms with Gasteiger partial charge in [-0.15, -0.1) is 11.3 Å². The predicted molar refractivity (Wildman–Crippen MR) is 86.7 cm³/mol. The Labute approximate surface area is 137 Å². The van der Waals surface area contributed by atoms with Gasteiger partial charge in [0.15, 0.2) is 5.13 Å². The van der Waals surface area contributed by atoms with Crippen LogP contribution in [0.5, 0.6) is 5.75 Å². The van der Waals surface area contributed by atoms with Crippen molar-refractivity contribution in [2.24, 2.45) is 0 Å². The number of rotatable bonds is 6. The van der Waals surface area contributed by atoms with Crippen molar-refractivity contribution in [3.63, 3.8) is 0 Å². The van der Waals surface area contributed by atoms with Crippen LogP contribution in [0.25, 0.3) is 0 Å². The first-order valence-electron chi connectivity index (χ1n) is 6.35. The number of halogens is 2. The molecule has 0 aliphatic heterocycles. The van der Waals surface area contributed by atoms with E-state index >= 15 is 0 Å². The first-order chi connectivity index (χ1) is 10.0. The summed E-state index contributed by atoms with van der Waals surface area (Å²) in [4.78, 5) is 16.8. The van der Waals surface area contributed by atoms with E-state index in [0.717, 1.165) is 4.88 Å². The van der Waals surface area contributed by atoms with Gasteiger partial charge in [-0.2, -0.15) is 0 Å². The Kier molecular flexibility index (Phi) is 5.85. The van der Waals surface area contributed by atoms with Crippen LogP contribution >= 0.6 is 34.5 Å². The molecule has 7 heteroatoms. The van der Waals surface area contributed by atoms with Gasteiger partial charge in [-0.3, -0.25) is 4.79 Å². The van der Waals surface area contributed by atoms with Crippen LogP contribution in [0.4, 0.5) is 5.13 Å². The molecule has 0 radical (unpaired) electrons. The number of nitrogens with zero attached hydrogens (tertiary/aromatic N) is 1. The van der Waals surface area contributed by atoms with E-state index in [1.807, 2.05) is 6.92 Å². The molecule has 0 saturated carbocycles. The van der Waals surface area contributed by atoms with Gasteiger partial charge >= 0.3 is 0 Å². The minimum absolute atomic E-state index is 0.0675. The first-order valence-corrected chi connectivity index (χ1v) is 7.92. The Morgan fingerprint density at radius 2 is 2.19 bits per heavy atom. The number of amides is 1. The largest absolute Gasteiger partial charge is 0.494 e. The van der Waals surface area contributed by atoms with Gasteiger partial charge in [0, 0.05) is 23.6 Å². The molecular weight excluding hydrogens is 331 g/mol. The Morgan fingerprint density at radius 3 is 2.86 bits per heavy atom. The highest BCUT2D eigenvalue weighted by atomic mass is 35.5. The molecule has 2 aromatic rings. The van der Waals surface area contributed by atoms with Gasteiger partial charge in [0.25, 0.3) is 0 Å². The van der Waals surface area contributed by atoms with Gasteiger partial charge in [0.1, 0.15) is 5.75 Å². The maximum absolute atomic E-state index is 11.7. The zero-order valence-electron chi connectivity index (χ0n) is 11.4. The molecule has 1 heterocycles. The number of benzene rings is 1. The number of nitrogens with one attached hydrogen (secondary N) is 1. The van der Waals surface area contributed by atoms with Crippen LogP contribution in [-0.4, -0.2) is 17.5 Å². The zero-order chi connectivity index (χ0) is 15.2. The van der Waals surface area contributed by atoms with E-state index in [0.29, 0.717) is 40.4 Å². The fourth-order valence-corrected chi connectivity index (χ4v) is 2.55. The highest BCUT2D eigenvalue weighted by Gasteiger charge is 2.06. The van der Waals surface area contributed by atoms with E-state index in [-0.39, 0.29) is 5.91 Å². The normalized spacial score (nSPS) is 10.4. The second kappa shape index (κ2) is 7.64. The molecule has 21 heavy (non-hydrogen) atoms. The summed E-state index contributed by atoms with van der Waals surface area (Å²) in [7, 11) is 0. The van der Waals surface area contributed by atoms with E-state index in [1.165, 1.54) is 11.3 Å². The van der Waals surface area contributed by atoms with Crippen molar-refractivity contribution in [1.82, 2.24) is 4.98 Å². The van der Waals surface area contributed by atoms with Crippen molar-refractivity contribution >= 4 is 45.6 Å². The number of aromatic nitrogens is 1. The summed E-state index contributed by atoms with van der Waals surface area (Å²) >= 11 is 13.2. The molecule has 4 nitrogen and oxygen atoms in total. The Morgan fingerprint density at radius 1 is 1.38 bits per heavy atom. The molecule has 0 spiro atoms. The third-order valence-electron chi connectivity index (χ3n) is 2.58. The van der Waals surface area contributed by atoms with Crippen LogP contribution in [0, 0.1) is 6.92 Å². The van der Waals surface area contributed by atoms with E-state index in [9.17, 15) is 4.79 Å². The fraction of sp³-hybridized carbons (Fsp3) is 0.286. The van der Waals surface area contributed by atoms with Gasteiger partial charge in [0.2, 0.25) is 5.91 Å². The number of carbonyl (C=O) groups is 1. The molecule has 0 aliphatic rings. The Balaban J connectivity index is 1.69. The molecule has 0 fully saturated rings. The number of hydrogen-bond donors (Lipinski definition) is 1. The summed E-state index contributed by atoms with van der Waals surface area (Å²) in [5.74, 6) is 0.572. The molecule has 112 valence electrons. The number of thiazole rings is 1. The summed E-state index contributed by atoms with van der Waals surface area (Å²) in [6, 6.07) is 5.08. The van der Waals surface area contributed by atoms with Crippen LogP contribution in [0.15, 0.2) is 24.4 Å². The van der Waals surface area contributed by atoms with Crippen molar-refractivity contribution in [1.29, 1.82) is 0 Å². The number of hydrogen-bond acceptors (Lipinski definition) is 4. The van der Waals surface area contributed by atoms with Gasteiger partial charge in [-0.1, -0.05) is 23.2 Å². The molecule has 0 atom stereocenters. The summed E-state index contributed by atoms with van der Waals surface area (Å²) < 4.78 is 5.51. The van der Waals surface area contributed by atoms with Crippen LogP contribution in [-0.2, 0) is 4.79 Å². The predicted octanol–water partition coefficient (Wildman–Crippen LogP) is 4.56. The third-order valence-corrected chi connectivity index (χ3v) is 4.14. The van der Waals surface area contributed by atoms with Crippen LogP contribution < -0.4 is 10.1 Å². The van der Waals surface area contributed by atoms with E-state index in [4.69, 9.17) is 27.9 Å². The molecule has 0 unspecified atom stereocenters. The molecule has 1 amide bonds. The minimum atomic E-state index is -0.0675. The summed E-state index contributed by atoms with van der Waals surface area (Å²) in [5, 5.41) is 4.32. The lowest BCUT2D eigenvalue weighted by molar-refractivity contribution is -0.116. The molecule has 1 aromatic heterocycles. The van der Waals surface area contributed by atoms with E-state index in [1.54, 1.807) is 24.4 Å². The van der Waals surface area contributed by atoms with E-state index in [2.05, 4.69) is 10.3 Å². The number of ether oxygens (including phenoxy) is 1. The van der Waals surface area contributed by atoms with Crippen LogP contribution in [0.2, 0.25) is 10.0 Å². The second-order valence-electron chi connectivity index (χ2n) is 4.35. The summed E-state index contributed by atoms with van der Waals surface area (Å²) in [6.45, 7) is 2.38. The van der Waals surface area contributed by atoms with Crippen molar-refractivity contribution in [2.75, 3.05) is 11.9 Å². The SMILES string of the molecule is Cc1cnc(NC(=O)CCCOc2ccc(Cl)c(Cl)c2)s1. The number of anilines is 1. The van der Waals surface area contributed by atoms with Crippen molar-refractivity contribution < 1.29 is 9.53 Å². The van der Waals surface area contributed by atoms with Gasteiger partial charge in [-0.05, 0) is 25.5 Å². The third kappa shape index (κ3) is 5.19. The topological polar surface area (TPSA) is 51.2 Å². The zero-order valence-corrected chi connectivity index (χ0v) is 13.7. The van der Waals surface area contributed by atoms with E-state index < -0.39 is 0 Å². The van der Waals surface area contributed by atoms with Gasteiger partial charge in [-0.25, -0.2) is 4.98 Å². The molecule has 2 rings (SSSR count). The average Bonchev–Trinajstić information content (AvgIpc) is 2.84. The highest BCUT2D eigenvalue weighted by molar-refractivity contribution is 7.15. The van der Waals surface area contributed by atoms with Crippen LogP contribution in [0.3, 0.4) is 0 Å². The van der Waals surface area contributed by atoms with Crippen LogP contribution in [0.1, 0.15) is 17.7 Å². The highest BCUT2D eigenvalue weighted by Crippen LogP contribution is 2.26. The minimum Gasteiger partial charge on any atom is -0.494 e. The lowest BCUT2D eigenvalue weighted by Gasteiger charge is -2.07. The molecule has 1 aromatic carbocycles. The lowest BCUT2D eigenvalue weighted by Crippen LogP contribution is -2.12. The maximum Gasteiger partial charge on any atom is 0.226 e. The second-order valence-corrected chi connectivity index (χ2v) is 6.40. The fourth-order valence-electron chi connectivity index (χ4n) is 1.58. The molecule has 1 N–H and O–H groups in total.